The van der Waals surface area contributed by atoms with Crippen molar-refractivity contribution < 1.29 is 9.72 Å². The third-order valence-corrected chi connectivity index (χ3v) is 4.99. The van der Waals surface area contributed by atoms with E-state index in [9.17, 15) is 19.7 Å². The number of nitro benzene ring substituents is 1. The van der Waals surface area contributed by atoms with Gasteiger partial charge < -0.3 is 9.88 Å². The van der Waals surface area contributed by atoms with Crippen molar-refractivity contribution in [2.75, 3.05) is 11.4 Å². The number of non-ortho nitro benzene ring substituents is 1. The first-order chi connectivity index (χ1) is 12.0. The minimum absolute atomic E-state index is 0.0576. The van der Waals surface area contributed by atoms with Gasteiger partial charge in [0.2, 0.25) is 0 Å². The number of carbonyl (C=O) groups excluding carboxylic acids is 1. The molecule has 1 N–H and O–H groups in total. The molecular weight excluding hydrogens is 322 g/mol. The van der Waals surface area contributed by atoms with Crippen LogP contribution in [0.15, 0.2) is 29.1 Å². The molecule has 25 heavy (non-hydrogen) atoms. The number of hydrogen-bond acceptors (Lipinski definition) is 4. The van der Waals surface area contributed by atoms with Gasteiger partial charge in [-0.3, -0.25) is 19.7 Å². The van der Waals surface area contributed by atoms with Crippen molar-refractivity contribution in [1.29, 1.82) is 0 Å². The number of aromatic nitrogens is 1. The number of anilines is 1. The summed E-state index contributed by atoms with van der Waals surface area (Å²) in [5.74, 6) is -0.395. The first kappa shape index (κ1) is 15.6. The average molecular weight is 339 g/mol. The molecule has 1 aliphatic heterocycles. The van der Waals surface area contributed by atoms with Gasteiger partial charge in [-0.2, -0.15) is 0 Å². The van der Waals surface area contributed by atoms with Crippen LogP contribution in [-0.2, 0) is 19.3 Å². The number of amides is 1. The summed E-state index contributed by atoms with van der Waals surface area (Å²) in [4.78, 5) is 40.1. The molecule has 1 aliphatic carbocycles. The molecule has 1 aromatic heterocycles. The number of rotatable bonds is 2. The molecule has 4 rings (SSSR count). The Bertz CT molecular complexity index is 948. The van der Waals surface area contributed by atoms with Gasteiger partial charge in [0.1, 0.15) is 5.56 Å². The lowest BCUT2D eigenvalue weighted by atomic mass is 9.95. The highest BCUT2D eigenvalue weighted by atomic mass is 16.6. The molecule has 0 bridgehead atoms. The van der Waals surface area contributed by atoms with E-state index in [1.807, 2.05) is 0 Å². The number of nitrogens with zero attached hydrogens (tertiary/aromatic N) is 2. The van der Waals surface area contributed by atoms with Crippen molar-refractivity contribution in [3.8, 4) is 0 Å². The van der Waals surface area contributed by atoms with Gasteiger partial charge >= 0.3 is 0 Å². The molecule has 0 fully saturated rings. The second kappa shape index (κ2) is 5.84. The van der Waals surface area contributed by atoms with E-state index in [0.717, 1.165) is 42.5 Å². The molecule has 1 amide bonds. The van der Waals surface area contributed by atoms with Crippen LogP contribution in [0, 0.1) is 10.1 Å². The molecule has 0 spiro atoms. The van der Waals surface area contributed by atoms with E-state index >= 15 is 0 Å². The number of benzene rings is 1. The smallest absolute Gasteiger partial charge is 0.271 e. The van der Waals surface area contributed by atoms with Crippen molar-refractivity contribution in [3.63, 3.8) is 0 Å². The lowest BCUT2D eigenvalue weighted by Gasteiger charge is -2.19. The topological polar surface area (TPSA) is 96.3 Å². The van der Waals surface area contributed by atoms with Crippen LogP contribution in [0.25, 0.3) is 0 Å². The number of nitrogens with one attached hydrogen (secondary N) is 1. The van der Waals surface area contributed by atoms with E-state index in [-0.39, 0.29) is 16.8 Å². The number of fused-ring (bicyclic) bond motifs is 2. The minimum atomic E-state index is -0.479. The number of H-pyrrole nitrogens is 1. The number of aromatic amines is 1. The van der Waals surface area contributed by atoms with Crippen LogP contribution < -0.4 is 10.5 Å². The predicted octanol–water partition coefficient (Wildman–Crippen LogP) is 2.36. The first-order valence-electron chi connectivity index (χ1n) is 8.39. The molecule has 7 nitrogen and oxygen atoms in total. The fourth-order valence-corrected chi connectivity index (χ4v) is 3.67. The van der Waals surface area contributed by atoms with Crippen LogP contribution in [0.5, 0.6) is 0 Å². The molecule has 1 aromatic carbocycles. The van der Waals surface area contributed by atoms with E-state index in [0.29, 0.717) is 18.7 Å². The van der Waals surface area contributed by atoms with Gasteiger partial charge in [0.15, 0.2) is 0 Å². The maximum absolute atomic E-state index is 12.9. The zero-order chi connectivity index (χ0) is 17.6. The third-order valence-electron chi connectivity index (χ3n) is 4.99. The zero-order valence-corrected chi connectivity index (χ0v) is 13.6. The Hall–Kier alpha value is -2.96. The summed E-state index contributed by atoms with van der Waals surface area (Å²) < 4.78 is 0. The molecule has 2 aromatic rings. The summed E-state index contributed by atoms with van der Waals surface area (Å²) in [6.45, 7) is 0.422. The summed E-state index contributed by atoms with van der Waals surface area (Å²) in [6, 6.07) is 6.23. The quantitative estimate of drug-likeness (QED) is 0.671. The molecule has 2 aliphatic rings. The molecule has 0 atom stereocenters. The summed E-state index contributed by atoms with van der Waals surface area (Å²) in [7, 11) is 0. The second-order valence-electron chi connectivity index (χ2n) is 6.50. The van der Waals surface area contributed by atoms with Crippen LogP contribution in [-0.4, -0.2) is 22.4 Å². The Morgan fingerprint density at radius 2 is 1.92 bits per heavy atom. The SMILES string of the molecule is O=C(c1cc2c([nH]c1=O)CCCC2)N1CCc2ccc([N+](=O)[O-])cc21. The van der Waals surface area contributed by atoms with Crippen molar-refractivity contribution in [3.05, 3.63) is 67.1 Å². The van der Waals surface area contributed by atoms with Gasteiger partial charge in [-0.15, -0.1) is 0 Å². The van der Waals surface area contributed by atoms with E-state index in [2.05, 4.69) is 4.98 Å². The predicted molar refractivity (Wildman–Crippen MR) is 92.2 cm³/mol. The van der Waals surface area contributed by atoms with Gasteiger partial charge in [0, 0.05) is 24.4 Å². The molecule has 0 saturated carbocycles. The van der Waals surface area contributed by atoms with Gasteiger partial charge in [0.05, 0.1) is 10.6 Å². The first-order valence-corrected chi connectivity index (χ1v) is 8.39. The van der Waals surface area contributed by atoms with Crippen molar-refractivity contribution in [2.45, 2.75) is 32.1 Å². The molecule has 128 valence electrons. The Balaban J connectivity index is 1.73. The molecule has 0 unspecified atom stereocenters. The Morgan fingerprint density at radius 3 is 2.72 bits per heavy atom. The van der Waals surface area contributed by atoms with Crippen molar-refractivity contribution in [1.82, 2.24) is 4.98 Å². The van der Waals surface area contributed by atoms with Crippen LogP contribution in [0.1, 0.15) is 40.0 Å². The Morgan fingerprint density at radius 1 is 1.12 bits per heavy atom. The van der Waals surface area contributed by atoms with Crippen LogP contribution >= 0.6 is 0 Å². The van der Waals surface area contributed by atoms with Gasteiger partial charge in [-0.1, -0.05) is 6.07 Å². The van der Waals surface area contributed by atoms with Crippen molar-refractivity contribution in [2.24, 2.45) is 0 Å². The standard InChI is InChI=1S/C18H17N3O4/c22-17-14(9-12-3-1-2-4-15(12)19-17)18(23)20-8-7-11-5-6-13(21(24)25)10-16(11)20/h5-6,9-10H,1-4,7-8H2,(H,19,22). The summed E-state index contributed by atoms with van der Waals surface area (Å²) in [5.41, 5.74) is 3.02. The lowest BCUT2D eigenvalue weighted by molar-refractivity contribution is -0.384. The fraction of sp³-hybridized carbons (Fsp3) is 0.333. The summed E-state index contributed by atoms with van der Waals surface area (Å²) in [5, 5.41) is 11.0. The fourth-order valence-electron chi connectivity index (χ4n) is 3.67. The number of carbonyl (C=O) groups is 1. The Labute approximate surface area is 143 Å². The molecular formula is C18H17N3O4. The highest BCUT2D eigenvalue weighted by molar-refractivity contribution is 6.07. The minimum Gasteiger partial charge on any atom is -0.325 e. The molecule has 0 radical (unpaired) electrons. The van der Waals surface area contributed by atoms with E-state index in [1.165, 1.54) is 17.0 Å². The van der Waals surface area contributed by atoms with Crippen molar-refractivity contribution >= 4 is 17.3 Å². The van der Waals surface area contributed by atoms with Gasteiger partial charge in [-0.05, 0) is 49.3 Å². The van der Waals surface area contributed by atoms with E-state index in [1.54, 1.807) is 12.1 Å². The second-order valence-corrected chi connectivity index (χ2v) is 6.50. The molecule has 0 saturated heterocycles. The van der Waals surface area contributed by atoms with E-state index < -0.39 is 10.8 Å². The van der Waals surface area contributed by atoms with Crippen LogP contribution in [0.2, 0.25) is 0 Å². The number of nitro groups is 1. The van der Waals surface area contributed by atoms with Gasteiger partial charge in [0.25, 0.3) is 17.2 Å². The summed E-state index contributed by atoms with van der Waals surface area (Å²) in [6.07, 6.45) is 4.40. The van der Waals surface area contributed by atoms with E-state index in [4.69, 9.17) is 0 Å². The monoisotopic (exact) mass is 339 g/mol. The van der Waals surface area contributed by atoms with Crippen LogP contribution in [0.3, 0.4) is 0 Å². The molecule has 7 heteroatoms. The van der Waals surface area contributed by atoms with Gasteiger partial charge in [-0.25, -0.2) is 0 Å². The zero-order valence-electron chi connectivity index (χ0n) is 13.6. The van der Waals surface area contributed by atoms with Crippen LogP contribution in [0.4, 0.5) is 11.4 Å². The summed E-state index contributed by atoms with van der Waals surface area (Å²) >= 11 is 0. The highest BCUT2D eigenvalue weighted by Crippen LogP contribution is 2.32. The number of hydrogen-bond donors (Lipinski definition) is 1. The third kappa shape index (κ3) is 2.61. The maximum atomic E-state index is 12.9. The lowest BCUT2D eigenvalue weighted by Crippen LogP contribution is -2.34. The highest BCUT2D eigenvalue weighted by Gasteiger charge is 2.29. The normalized spacial score (nSPS) is 15.6. The number of pyridine rings is 1. The maximum Gasteiger partial charge on any atom is 0.271 e. The molecule has 2 heterocycles. The largest absolute Gasteiger partial charge is 0.325 e. The number of aryl methyl sites for hydroxylation is 2. The Kier molecular flexibility index (Phi) is 3.63. The average Bonchev–Trinajstić information content (AvgIpc) is 3.03.